The van der Waals surface area contributed by atoms with Crippen molar-refractivity contribution in [2.24, 2.45) is 29.6 Å². The van der Waals surface area contributed by atoms with Gasteiger partial charge in [0.1, 0.15) is 0 Å². The highest BCUT2D eigenvalue weighted by Crippen LogP contribution is 2.26. The fourth-order valence-electron chi connectivity index (χ4n) is 4.65. The maximum atomic E-state index is 13.6. The summed E-state index contributed by atoms with van der Waals surface area (Å²) < 4.78 is 0. The fourth-order valence-corrected chi connectivity index (χ4v) is 4.65. The van der Waals surface area contributed by atoms with Gasteiger partial charge in [-0.25, -0.2) is 5.48 Å². The minimum absolute atomic E-state index is 0.0978. The molecule has 1 saturated heterocycles. The van der Waals surface area contributed by atoms with Crippen molar-refractivity contribution < 1.29 is 19.6 Å². The van der Waals surface area contributed by atoms with Crippen LogP contribution in [0.2, 0.25) is 0 Å². The maximum absolute atomic E-state index is 13.6. The zero-order chi connectivity index (χ0) is 26.5. The second-order valence-electron chi connectivity index (χ2n) is 10.6. The summed E-state index contributed by atoms with van der Waals surface area (Å²) >= 11 is 0. The Morgan fingerprint density at radius 1 is 1.03 bits per heavy atom. The smallest absolute Gasteiger partial charge is 0.247 e. The Balaban J connectivity index is 2.19. The number of nitrogens with one attached hydrogen (secondary N) is 3. The van der Waals surface area contributed by atoms with Crippen molar-refractivity contribution >= 4 is 23.8 Å². The first-order valence-electron chi connectivity index (χ1n) is 13.2. The Hall–Kier alpha value is -2.71. The molecule has 0 spiro atoms. The van der Waals surface area contributed by atoms with Crippen LogP contribution in [0.3, 0.4) is 0 Å². The van der Waals surface area contributed by atoms with Crippen LogP contribution in [-0.4, -0.2) is 47.6 Å². The highest BCUT2D eigenvalue weighted by Gasteiger charge is 2.35. The van der Waals surface area contributed by atoms with Crippen LogP contribution in [0.4, 0.5) is 0 Å². The number of carbonyl (C=O) groups excluding carboxylic acids is 3. The topological polar surface area (TPSA) is 111 Å². The Labute approximate surface area is 215 Å². The molecule has 0 saturated carbocycles. The van der Waals surface area contributed by atoms with Crippen molar-refractivity contribution in [2.45, 2.75) is 59.8 Å². The summed E-state index contributed by atoms with van der Waals surface area (Å²) in [5.41, 5.74) is 5.58. The first-order valence-corrected chi connectivity index (χ1v) is 13.2. The number of rotatable bonds is 12. The van der Waals surface area contributed by atoms with Crippen LogP contribution in [0.15, 0.2) is 36.4 Å². The zero-order valence-corrected chi connectivity index (χ0v) is 22.2. The minimum Gasteiger partial charge on any atom is -0.317 e. The Kier molecular flexibility index (Phi) is 12.6. The van der Waals surface area contributed by atoms with Gasteiger partial charge in [0.15, 0.2) is 0 Å². The largest absolute Gasteiger partial charge is 0.317 e. The molecule has 0 aliphatic carbocycles. The molecule has 2 rings (SSSR count). The van der Waals surface area contributed by atoms with E-state index < -0.39 is 17.7 Å². The predicted molar refractivity (Wildman–Crippen MR) is 141 cm³/mol. The summed E-state index contributed by atoms with van der Waals surface area (Å²) in [5.74, 6) is -1.97. The molecule has 8 heteroatoms. The first-order chi connectivity index (χ1) is 17.2. The Morgan fingerprint density at radius 2 is 1.69 bits per heavy atom. The van der Waals surface area contributed by atoms with Crippen LogP contribution in [0.5, 0.6) is 0 Å². The molecule has 1 aromatic carbocycles. The number of hydrogen-bond donors (Lipinski definition) is 4. The quantitative estimate of drug-likeness (QED) is 0.258. The van der Waals surface area contributed by atoms with Gasteiger partial charge < -0.3 is 5.32 Å². The van der Waals surface area contributed by atoms with E-state index in [0.717, 1.165) is 31.5 Å². The molecule has 200 valence electrons. The summed E-state index contributed by atoms with van der Waals surface area (Å²) in [6.45, 7) is 10.2. The van der Waals surface area contributed by atoms with Gasteiger partial charge in [-0.15, -0.1) is 0 Å². The SMILES string of the molecule is CC(C)C[C@@H](C(=O)NN(CC(C)C)C(=O)CC1CCNCC1)[C@H](C/C=C/c1ccccc1)C(=O)NO. The number of allylic oxidation sites excluding steroid dienone is 1. The van der Waals surface area contributed by atoms with E-state index in [-0.39, 0.29) is 30.1 Å². The van der Waals surface area contributed by atoms with Gasteiger partial charge in [-0.05, 0) is 62.1 Å². The van der Waals surface area contributed by atoms with E-state index in [2.05, 4.69) is 10.7 Å². The highest BCUT2D eigenvalue weighted by atomic mass is 16.5. The molecule has 36 heavy (non-hydrogen) atoms. The number of hydrazine groups is 1. The monoisotopic (exact) mass is 500 g/mol. The molecule has 4 N–H and O–H groups in total. The van der Waals surface area contributed by atoms with Crippen LogP contribution in [0.1, 0.15) is 65.4 Å². The Bertz CT molecular complexity index is 850. The van der Waals surface area contributed by atoms with Gasteiger partial charge in [-0.1, -0.05) is 70.2 Å². The number of hydroxylamine groups is 1. The lowest BCUT2D eigenvalue weighted by atomic mass is 9.82. The lowest BCUT2D eigenvalue weighted by Gasteiger charge is -2.32. The molecule has 0 aromatic heterocycles. The third-order valence-corrected chi connectivity index (χ3v) is 6.51. The van der Waals surface area contributed by atoms with Crippen LogP contribution in [-0.2, 0) is 14.4 Å². The van der Waals surface area contributed by atoms with Crippen LogP contribution < -0.4 is 16.2 Å². The lowest BCUT2D eigenvalue weighted by Crippen LogP contribution is -2.52. The number of hydrogen-bond acceptors (Lipinski definition) is 5. The number of carbonyl (C=O) groups is 3. The van der Waals surface area contributed by atoms with Crippen LogP contribution in [0, 0.1) is 29.6 Å². The molecular formula is C28H44N4O4. The third-order valence-electron chi connectivity index (χ3n) is 6.51. The normalized spacial score (nSPS) is 16.2. The summed E-state index contributed by atoms with van der Waals surface area (Å²) in [4.78, 5) is 39.4. The predicted octanol–water partition coefficient (Wildman–Crippen LogP) is 3.78. The van der Waals surface area contributed by atoms with Gasteiger partial charge in [-0.3, -0.25) is 30.0 Å². The molecule has 3 amide bonds. The van der Waals surface area contributed by atoms with E-state index in [9.17, 15) is 19.6 Å². The summed E-state index contributed by atoms with van der Waals surface area (Å²) in [6.07, 6.45) is 6.75. The second-order valence-corrected chi connectivity index (χ2v) is 10.6. The second kappa shape index (κ2) is 15.4. The average molecular weight is 501 g/mol. The van der Waals surface area contributed by atoms with Crippen molar-refractivity contribution in [1.29, 1.82) is 0 Å². The molecule has 1 fully saturated rings. The number of nitrogens with zero attached hydrogens (tertiary/aromatic N) is 1. The van der Waals surface area contributed by atoms with Gasteiger partial charge in [-0.2, -0.15) is 0 Å². The van der Waals surface area contributed by atoms with Gasteiger partial charge in [0, 0.05) is 13.0 Å². The first kappa shape index (κ1) is 29.5. The molecule has 1 aliphatic rings. The molecule has 1 aromatic rings. The summed E-state index contributed by atoms with van der Waals surface area (Å²) in [6, 6.07) is 9.69. The number of piperidine rings is 1. The molecular weight excluding hydrogens is 456 g/mol. The molecule has 1 aliphatic heterocycles. The average Bonchev–Trinajstić information content (AvgIpc) is 2.85. The molecule has 1 heterocycles. The van der Waals surface area contributed by atoms with E-state index in [1.807, 2.05) is 70.2 Å². The van der Waals surface area contributed by atoms with Crippen molar-refractivity contribution in [3.05, 3.63) is 42.0 Å². The highest BCUT2D eigenvalue weighted by molar-refractivity contribution is 5.89. The lowest BCUT2D eigenvalue weighted by molar-refractivity contribution is -0.148. The van der Waals surface area contributed by atoms with E-state index >= 15 is 0 Å². The van der Waals surface area contributed by atoms with Gasteiger partial charge in [0.05, 0.1) is 11.8 Å². The van der Waals surface area contributed by atoms with Gasteiger partial charge >= 0.3 is 0 Å². The van der Waals surface area contributed by atoms with Crippen LogP contribution in [0.25, 0.3) is 6.08 Å². The fraction of sp³-hybridized carbons (Fsp3) is 0.607. The number of benzene rings is 1. The molecule has 0 bridgehead atoms. The molecule has 2 atom stereocenters. The summed E-state index contributed by atoms with van der Waals surface area (Å²) in [5, 5.41) is 14.2. The maximum Gasteiger partial charge on any atom is 0.247 e. The summed E-state index contributed by atoms with van der Waals surface area (Å²) in [7, 11) is 0. The van der Waals surface area contributed by atoms with Crippen molar-refractivity contribution in [3.8, 4) is 0 Å². The molecule has 0 radical (unpaired) electrons. The molecule has 8 nitrogen and oxygen atoms in total. The van der Waals surface area contributed by atoms with Crippen molar-refractivity contribution in [2.75, 3.05) is 19.6 Å². The van der Waals surface area contributed by atoms with E-state index in [0.29, 0.717) is 25.3 Å². The van der Waals surface area contributed by atoms with Gasteiger partial charge in [0.25, 0.3) is 0 Å². The van der Waals surface area contributed by atoms with Crippen molar-refractivity contribution in [1.82, 2.24) is 21.2 Å². The van der Waals surface area contributed by atoms with Gasteiger partial charge in [0.2, 0.25) is 17.7 Å². The van der Waals surface area contributed by atoms with E-state index in [4.69, 9.17) is 0 Å². The Morgan fingerprint density at radius 3 is 2.28 bits per heavy atom. The van der Waals surface area contributed by atoms with Crippen molar-refractivity contribution in [3.63, 3.8) is 0 Å². The van der Waals surface area contributed by atoms with E-state index in [1.165, 1.54) is 5.01 Å². The molecule has 0 unspecified atom stereocenters. The standard InChI is InChI=1S/C28H44N4O4/c1-20(2)17-25(24(28(35)31-36)12-8-11-22-9-6-5-7-10-22)27(34)30-32(19-21(3)4)26(33)18-23-13-15-29-16-14-23/h5-11,20-21,23-25,29,36H,12-19H2,1-4H3,(H,30,34)(H,31,35)/b11-8+/t24-,25+/m0/s1. The van der Waals surface area contributed by atoms with Crippen LogP contribution >= 0.6 is 0 Å². The number of amides is 3. The van der Waals surface area contributed by atoms with E-state index in [1.54, 1.807) is 5.48 Å². The minimum atomic E-state index is -0.780. The third kappa shape index (κ3) is 10.1. The zero-order valence-electron chi connectivity index (χ0n) is 22.2.